The number of aryl methyl sites for hydroxylation is 1. The van der Waals surface area contributed by atoms with Gasteiger partial charge in [0.1, 0.15) is 12.7 Å². The maximum atomic E-state index is 12.1. The van der Waals surface area contributed by atoms with E-state index in [2.05, 4.69) is 32.2 Å². The summed E-state index contributed by atoms with van der Waals surface area (Å²) in [5, 5.41) is 12.2. The van der Waals surface area contributed by atoms with Gasteiger partial charge in [-0.25, -0.2) is 9.78 Å². The average molecular weight is 305 g/mol. The van der Waals surface area contributed by atoms with Crippen LogP contribution < -0.4 is 10.6 Å². The molecule has 7 heteroatoms. The van der Waals surface area contributed by atoms with Crippen LogP contribution in [0.3, 0.4) is 0 Å². The second-order valence-electron chi connectivity index (χ2n) is 5.38. The molecular formula is C14H19N5OS. The van der Waals surface area contributed by atoms with Gasteiger partial charge >= 0.3 is 6.03 Å². The predicted octanol–water partition coefficient (Wildman–Crippen LogP) is 2.10. The average Bonchev–Trinajstić information content (AvgIpc) is 3.09. The van der Waals surface area contributed by atoms with Gasteiger partial charge in [0.2, 0.25) is 0 Å². The molecule has 1 aliphatic rings. The number of amides is 2. The van der Waals surface area contributed by atoms with Crippen molar-refractivity contribution < 1.29 is 4.79 Å². The van der Waals surface area contributed by atoms with Gasteiger partial charge in [0.25, 0.3) is 0 Å². The fourth-order valence-electron chi connectivity index (χ4n) is 2.71. The summed E-state index contributed by atoms with van der Waals surface area (Å²) in [6.07, 6.45) is 6.42. The number of hydrogen-bond acceptors (Lipinski definition) is 4. The van der Waals surface area contributed by atoms with E-state index in [0.717, 1.165) is 19.3 Å². The Bertz CT molecular complexity index is 594. The molecule has 2 heterocycles. The third-order valence-corrected chi connectivity index (χ3v) is 4.66. The van der Waals surface area contributed by atoms with Crippen LogP contribution in [0.15, 0.2) is 24.1 Å². The molecule has 0 fully saturated rings. The van der Waals surface area contributed by atoms with Gasteiger partial charge in [0, 0.05) is 10.9 Å². The normalized spacial score (nSPS) is 18.8. The summed E-state index contributed by atoms with van der Waals surface area (Å²) >= 11 is 1.78. The van der Waals surface area contributed by atoms with Crippen LogP contribution in [-0.2, 0) is 13.0 Å². The Labute approximate surface area is 127 Å². The zero-order valence-corrected chi connectivity index (χ0v) is 12.8. The summed E-state index contributed by atoms with van der Waals surface area (Å²) in [7, 11) is 0. The maximum Gasteiger partial charge on any atom is 0.315 e. The molecule has 112 valence electrons. The maximum absolute atomic E-state index is 12.1. The number of carbonyl (C=O) groups is 1. The van der Waals surface area contributed by atoms with Crippen LogP contribution in [0, 0.1) is 0 Å². The SMILES string of the molecule is CC(Cn1cncn1)NC(=O)NC1CCCc2sccc21. The number of thiophene rings is 1. The van der Waals surface area contributed by atoms with Crippen LogP contribution >= 0.6 is 11.3 Å². The minimum atomic E-state index is -0.119. The molecule has 0 saturated heterocycles. The molecule has 2 amide bonds. The molecule has 0 aliphatic heterocycles. The standard InChI is InChI=1S/C14H19N5OS/c1-10(7-19-9-15-8-16-19)17-14(20)18-12-3-2-4-13-11(12)5-6-21-13/h5-6,8-10,12H,2-4,7H2,1H3,(H2,17,18,20). The van der Waals surface area contributed by atoms with E-state index < -0.39 is 0 Å². The highest BCUT2D eigenvalue weighted by atomic mass is 32.1. The number of nitrogens with one attached hydrogen (secondary N) is 2. The molecule has 1 aliphatic carbocycles. The van der Waals surface area contributed by atoms with Gasteiger partial charge < -0.3 is 10.6 Å². The Morgan fingerprint density at radius 2 is 2.52 bits per heavy atom. The Hall–Kier alpha value is -1.89. The fourth-order valence-corrected chi connectivity index (χ4v) is 3.70. The molecule has 2 unspecified atom stereocenters. The first-order chi connectivity index (χ1) is 10.2. The van der Waals surface area contributed by atoms with Crippen LogP contribution in [0.25, 0.3) is 0 Å². The zero-order chi connectivity index (χ0) is 14.7. The number of urea groups is 1. The second kappa shape index (κ2) is 6.26. The van der Waals surface area contributed by atoms with E-state index in [1.807, 2.05) is 6.92 Å². The Kier molecular flexibility index (Phi) is 4.19. The fraction of sp³-hybridized carbons (Fsp3) is 0.500. The predicted molar refractivity (Wildman–Crippen MR) is 81.1 cm³/mol. The number of fused-ring (bicyclic) bond motifs is 1. The third-order valence-electron chi connectivity index (χ3n) is 3.66. The molecule has 0 aromatic carbocycles. The van der Waals surface area contributed by atoms with Gasteiger partial charge in [-0.3, -0.25) is 4.68 Å². The highest BCUT2D eigenvalue weighted by Gasteiger charge is 2.23. The summed E-state index contributed by atoms with van der Waals surface area (Å²) < 4.78 is 1.71. The largest absolute Gasteiger partial charge is 0.334 e. The van der Waals surface area contributed by atoms with Crippen molar-refractivity contribution in [3.8, 4) is 0 Å². The van der Waals surface area contributed by atoms with Gasteiger partial charge in [-0.15, -0.1) is 11.3 Å². The Morgan fingerprint density at radius 1 is 1.62 bits per heavy atom. The molecule has 21 heavy (non-hydrogen) atoms. The van der Waals surface area contributed by atoms with Crippen molar-refractivity contribution in [3.05, 3.63) is 34.5 Å². The van der Waals surface area contributed by atoms with E-state index in [-0.39, 0.29) is 18.1 Å². The van der Waals surface area contributed by atoms with Gasteiger partial charge in [0.15, 0.2) is 0 Å². The van der Waals surface area contributed by atoms with Gasteiger partial charge in [0.05, 0.1) is 12.6 Å². The minimum absolute atomic E-state index is 0.00256. The van der Waals surface area contributed by atoms with E-state index in [9.17, 15) is 4.79 Å². The molecule has 2 N–H and O–H groups in total. The van der Waals surface area contributed by atoms with Crippen molar-refractivity contribution in [2.24, 2.45) is 0 Å². The smallest absolute Gasteiger partial charge is 0.315 e. The van der Waals surface area contributed by atoms with Crippen LogP contribution in [-0.4, -0.2) is 26.8 Å². The molecule has 3 rings (SSSR count). The number of nitrogens with zero attached hydrogens (tertiary/aromatic N) is 3. The van der Waals surface area contributed by atoms with Crippen LogP contribution in [0.4, 0.5) is 4.79 Å². The molecule has 2 aromatic heterocycles. The lowest BCUT2D eigenvalue weighted by Gasteiger charge is -2.24. The molecule has 0 saturated carbocycles. The first-order valence-corrected chi connectivity index (χ1v) is 8.06. The van der Waals surface area contributed by atoms with Crippen molar-refractivity contribution in [1.82, 2.24) is 25.4 Å². The first-order valence-electron chi connectivity index (χ1n) is 7.18. The Balaban J connectivity index is 1.53. The molecule has 0 radical (unpaired) electrons. The molecular weight excluding hydrogens is 286 g/mol. The van der Waals surface area contributed by atoms with Gasteiger partial charge in [-0.05, 0) is 43.2 Å². The lowest BCUT2D eigenvalue weighted by atomic mass is 9.94. The van der Waals surface area contributed by atoms with Crippen LogP contribution in [0.5, 0.6) is 0 Å². The minimum Gasteiger partial charge on any atom is -0.334 e. The third kappa shape index (κ3) is 3.41. The van der Waals surface area contributed by atoms with Gasteiger partial charge in [-0.2, -0.15) is 5.10 Å². The molecule has 2 atom stereocenters. The monoisotopic (exact) mass is 305 g/mol. The van der Waals surface area contributed by atoms with Gasteiger partial charge in [-0.1, -0.05) is 0 Å². The summed E-state index contributed by atoms with van der Waals surface area (Å²) in [6.45, 7) is 2.57. The number of hydrogen-bond donors (Lipinski definition) is 2. The van der Waals surface area contributed by atoms with Crippen molar-refractivity contribution in [2.45, 2.75) is 44.8 Å². The molecule has 2 aromatic rings. The number of rotatable bonds is 4. The summed E-state index contributed by atoms with van der Waals surface area (Å²) in [6, 6.07) is 2.14. The molecule has 0 spiro atoms. The quantitative estimate of drug-likeness (QED) is 0.908. The van der Waals surface area contributed by atoms with Crippen LogP contribution in [0.1, 0.15) is 36.2 Å². The van der Waals surface area contributed by atoms with Crippen LogP contribution in [0.2, 0.25) is 0 Å². The highest BCUT2D eigenvalue weighted by molar-refractivity contribution is 7.10. The Morgan fingerprint density at radius 3 is 3.33 bits per heavy atom. The van der Waals surface area contributed by atoms with E-state index in [0.29, 0.717) is 6.54 Å². The highest BCUT2D eigenvalue weighted by Crippen LogP contribution is 2.33. The lowest BCUT2D eigenvalue weighted by Crippen LogP contribution is -2.44. The van der Waals surface area contributed by atoms with E-state index in [1.54, 1.807) is 22.3 Å². The van der Waals surface area contributed by atoms with Crippen molar-refractivity contribution >= 4 is 17.4 Å². The molecule has 0 bridgehead atoms. The lowest BCUT2D eigenvalue weighted by molar-refractivity contribution is 0.231. The van der Waals surface area contributed by atoms with Crippen molar-refractivity contribution in [2.75, 3.05) is 0 Å². The summed E-state index contributed by atoms with van der Waals surface area (Å²) in [5.74, 6) is 0. The van der Waals surface area contributed by atoms with E-state index in [1.165, 1.54) is 16.8 Å². The number of aromatic nitrogens is 3. The zero-order valence-electron chi connectivity index (χ0n) is 12.0. The van der Waals surface area contributed by atoms with Crippen molar-refractivity contribution in [3.63, 3.8) is 0 Å². The second-order valence-corrected chi connectivity index (χ2v) is 6.38. The van der Waals surface area contributed by atoms with E-state index in [4.69, 9.17) is 0 Å². The summed E-state index contributed by atoms with van der Waals surface area (Å²) in [5.41, 5.74) is 1.28. The topological polar surface area (TPSA) is 71.8 Å². The van der Waals surface area contributed by atoms with E-state index >= 15 is 0 Å². The summed E-state index contributed by atoms with van der Waals surface area (Å²) in [4.78, 5) is 17.4. The number of carbonyl (C=O) groups excluding carboxylic acids is 1. The van der Waals surface area contributed by atoms with Crippen molar-refractivity contribution in [1.29, 1.82) is 0 Å². The molecule has 6 nitrogen and oxygen atoms in total. The first kappa shape index (κ1) is 14.1.